The molecule has 0 bridgehead atoms. The zero-order valence-electron chi connectivity index (χ0n) is 12.6. The molecule has 5 nitrogen and oxygen atoms in total. The standard InChI is InChI=1S/C16H19N3O2S/c1-3-10-19-14(4-2)17-18-16(19)22-12-15(20)21-11-13-8-6-5-7-9-13/h3,5-9H,1,4,10-12H2,2H3. The van der Waals surface area contributed by atoms with Crippen LogP contribution in [0.15, 0.2) is 48.1 Å². The van der Waals surface area contributed by atoms with Crippen molar-refractivity contribution in [2.45, 2.75) is 31.7 Å². The van der Waals surface area contributed by atoms with Crippen LogP contribution in [0.5, 0.6) is 0 Å². The summed E-state index contributed by atoms with van der Waals surface area (Å²) >= 11 is 1.33. The molecule has 0 aliphatic carbocycles. The van der Waals surface area contributed by atoms with Gasteiger partial charge in [0.25, 0.3) is 0 Å². The van der Waals surface area contributed by atoms with Crippen molar-refractivity contribution >= 4 is 17.7 Å². The average molecular weight is 317 g/mol. The zero-order valence-corrected chi connectivity index (χ0v) is 13.4. The summed E-state index contributed by atoms with van der Waals surface area (Å²) < 4.78 is 7.21. The van der Waals surface area contributed by atoms with Gasteiger partial charge in [-0.25, -0.2) is 0 Å². The van der Waals surface area contributed by atoms with Gasteiger partial charge in [0.05, 0.1) is 5.75 Å². The second-order valence-electron chi connectivity index (χ2n) is 4.59. The Morgan fingerprint density at radius 3 is 2.82 bits per heavy atom. The summed E-state index contributed by atoms with van der Waals surface area (Å²) in [4.78, 5) is 11.8. The van der Waals surface area contributed by atoms with E-state index in [9.17, 15) is 4.79 Å². The highest BCUT2D eigenvalue weighted by atomic mass is 32.2. The van der Waals surface area contributed by atoms with Crippen molar-refractivity contribution in [2.75, 3.05) is 5.75 Å². The SMILES string of the molecule is C=CCn1c(CC)nnc1SCC(=O)OCc1ccccc1. The molecular weight excluding hydrogens is 298 g/mol. The number of nitrogens with zero attached hydrogens (tertiary/aromatic N) is 3. The van der Waals surface area contributed by atoms with Gasteiger partial charge in [-0.1, -0.05) is 55.1 Å². The van der Waals surface area contributed by atoms with Crippen molar-refractivity contribution < 1.29 is 9.53 Å². The lowest BCUT2D eigenvalue weighted by Gasteiger charge is -2.07. The lowest BCUT2D eigenvalue weighted by molar-refractivity contribution is -0.141. The minimum absolute atomic E-state index is 0.214. The molecule has 1 aromatic heterocycles. The van der Waals surface area contributed by atoms with E-state index in [-0.39, 0.29) is 11.7 Å². The quantitative estimate of drug-likeness (QED) is 0.426. The molecule has 0 fully saturated rings. The van der Waals surface area contributed by atoms with E-state index in [0.717, 1.165) is 17.8 Å². The fraction of sp³-hybridized carbons (Fsp3) is 0.312. The van der Waals surface area contributed by atoms with Gasteiger partial charge >= 0.3 is 5.97 Å². The van der Waals surface area contributed by atoms with Gasteiger partial charge < -0.3 is 9.30 Å². The molecule has 0 amide bonds. The van der Waals surface area contributed by atoms with Gasteiger partial charge in [0.1, 0.15) is 12.4 Å². The molecule has 22 heavy (non-hydrogen) atoms. The predicted octanol–water partition coefficient (Wildman–Crippen LogP) is 2.86. The number of thioether (sulfide) groups is 1. The van der Waals surface area contributed by atoms with Crippen LogP contribution in [-0.4, -0.2) is 26.5 Å². The van der Waals surface area contributed by atoms with Gasteiger partial charge in [0.2, 0.25) is 0 Å². The number of hydrogen-bond donors (Lipinski definition) is 0. The summed E-state index contributed by atoms with van der Waals surface area (Å²) in [5.41, 5.74) is 0.976. The molecule has 0 N–H and O–H groups in total. The third-order valence-corrected chi connectivity index (χ3v) is 3.92. The van der Waals surface area contributed by atoms with Crippen molar-refractivity contribution in [2.24, 2.45) is 0 Å². The molecule has 1 aromatic carbocycles. The molecule has 0 unspecified atom stereocenters. The van der Waals surface area contributed by atoms with Crippen LogP contribution in [0.4, 0.5) is 0 Å². The second-order valence-corrected chi connectivity index (χ2v) is 5.53. The summed E-state index contributed by atoms with van der Waals surface area (Å²) in [5, 5.41) is 8.95. The van der Waals surface area contributed by atoms with Gasteiger partial charge in [-0.3, -0.25) is 4.79 Å². The van der Waals surface area contributed by atoms with Crippen molar-refractivity contribution in [3.05, 3.63) is 54.4 Å². The number of aryl methyl sites for hydroxylation is 1. The van der Waals surface area contributed by atoms with Crippen LogP contribution in [-0.2, 0) is 29.1 Å². The Hall–Kier alpha value is -2.08. The predicted molar refractivity (Wildman–Crippen MR) is 86.6 cm³/mol. The molecule has 116 valence electrons. The van der Waals surface area contributed by atoms with E-state index in [1.807, 2.05) is 41.8 Å². The fourth-order valence-electron chi connectivity index (χ4n) is 1.90. The third-order valence-electron chi connectivity index (χ3n) is 2.98. The maximum Gasteiger partial charge on any atom is 0.316 e. The molecule has 1 heterocycles. The van der Waals surface area contributed by atoms with E-state index in [2.05, 4.69) is 16.8 Å². The Bertz CT molecular complexity index is 626. The molecule has 0 atom stereocenters. The second kappa shape index (κ2) is 8.38. The number of ether oxygens (including phenoxy) is 1. The van der Waals surface area contributed by atoms with E-state index >= 15 is 0 Å². The first-order valence-corrected chi connectivity index (χ1v) is 8.08. The van der Waals surface area contributed by atoms with Crippen molar-refractivity contribution in [3.63, 3.8) is 0 Å². The van der Waals surface area contributed by atoms with E-state index in [1.54, 1.807) is 6.08 Å². The number of carbonyl (C=O) groups is 1. The summed E-state index contributed by atoms with van der Waals surface area (Å²) in [7, 11) is 0. The Morgan fingerprint density at radius 1 is 1.36 bits per heavy atom. The van der Waals surface area contributed by atoms with Crippen LogP contribution < -0.4 is 0 Å². The molecule has 0 radical (unpaired) electrons. The van der Waals surface area contributed by atoms with E-state index in [4.69, 9.17) is 4.74 Å². The molecule has 2 rings (SSSR count). The van der Waals surface area contributed by atoms with Crippen LogP contribution in [0.1, 0.15) is 18.3 Å². The van der Waals surface area contributed by atoms with Gasteiger partial charge in [-0.05, 0) is 5.56 Å². The summed E-state index contributed by atoms with van der Waals surface area (Å²) in [6, 6.07) is 9.62. The highest BCUT2D eigenvalue weighted by Gasteiger charge is 2.12. The number of benzene rings is 1. The first kappa shape index (κ1) is 16.3. The Labute approximate surface area is 134 Å². The Balaban J connectivity index is 1.86. The molecule has 0 saturated heterocycles. The van der Waals surface area contributed by atoms with Crippen LogP contribution >= 0.6 is 11.8 Å². The molecule has 0 aliphatic rings. The van der Waals surface area contributed by atoms with Crippen LogP contribution in [0.25, 0.3) is 0 Å². The monoisotopic (exact) mass is 317 g/mol. The first-order valence-electron chi connectivity index (χ1n) is 7.10. The maximum absolute atomic E-state index is 11.8. The zero-order chi connectivity index (χ0) is 15.8. The van der Waals surface area contributed by atoms with Gasteiger partial charge in [-0.15, -0.1) is 16.8 Å². The molecule has 6 heteroatoms. The largest absolute Gasteiger partial charge is 0.460 e. The molecule has 0 saturated carbocycles. The van der Waals surface area contributed by atoms with Gasteiger partial charge in [0.15, 0.2) is 5.16 Å². The Morgan fingerprint density at radius 2 is 2.14 bits per heavy atom. The van der Waals surface area contributed by atoms with Gasteiger partial charge in [-0.2, -0.15) is 0 Å². The topological polar surface area (TPSA) is 57.0 Å². The number of hydrogen-bond acceptors (Lipinski definition) is 5. The van der Waals surface area contributed by atoms with Crippen LogP contribution in [0.2, 0.25) is 0 Å². The number of carbonyl (C=O) groups excluding carboxylic acids is 1. The van der Waals surface area contributed by atoms with E-state index in [0.29, 0.717) is 18.3 Å². The summed E-state index contributed by atoms with van der Waals surface area (Å²) in [5.74, 6) is 0.839. The minimum Gasteiger partial charge on any atom is -0.460 e. The molecule has 0 spiro atoms. The minimum atomic E-state index is -0.264. The third kappa shape index (κ3) is 4.46. The number of esters is 1. The normalized spacial score (nSPS) is 10.4. The number of aromatic nitrogens is 3. The van der Waals surface area contributed by atoms with E-state index < -0.39 is 0 Å². The van der Waals surface area contributed by atoms with Crippen molar-refractivity contribution in [1.29, 1.82) is 0 Å². The summed E-state index contributed by atoms with van der Waals surface area (Å²) in [6.07, 6.45) is 2.58. The molecule has 2 aromatic rings. The Kier molecular flexibility index (Phi) is 6.21. The van der Waals surface area contributed by atoms with Crippen molar-refractivity contribution in [1.82, 2.24) is 14.8 Å². The highest BCUT2D eigenvalue weighted by Crippen LogP contribution is 2.18. The lowest BCUT2D eigenvalue weighted by Crippen LogP contribution is -2.09. The number of rotatable bonds is 8. The van der Waals surface area contributed by atoms with Crippen LogP contribution in [0.3, 0.4) is 0 Å². The highest BCUT2D eigenvalue weighted by molar-refractivity contribution is 7.99. The molecular formula is C16H19N3O2S. The van der Waals surface area contributed by atoms with Gasteiger partial charge in [0, 0.05) is 13.0 Å². The fourth-order valence-corrected chi connectivity index (χ4v) is 2.67. The van der Waals surface area contributed by atoms with Crippen LogP contribution in [0, 0.1) is 0 Å². The molecule has 0 aliphatic heterocycles. The summed E-state index contributed by atoms with van der Waals surface area (Å²) in [6.45, 7) is 6.68. The first-order chi connectivity index (χ1) is 10.7. The van der Waals surface area contributed by atoms with E-state index in [1.165, 1.54) is 11.8 Å². The lowest BCUT2D eigenvalue weighted by atomic mass is 10.2. The average Bonchev–Trinajstić information content (AvgIpc) is 2.94. The number of allylic oxidation sites excluding steroid dienone is 1. The maximum atomic E-state index is 11.8. The smallest absolute Gasteiger partial charge is 0.316 e. The van der Waals surface area contributed by atoms with Crippen molar-refractivity contribution in [3.8, 4) is 0 Å².